The number of anilines is 2. The summed E-state index contributed by atoms with van der Waals surface area (Å²) in [4.78, 5) is 8.48. The van der Waals surface area contributed by atoms with Crippen molar-refractivity contribution in [3.8, 4) is 5.75 Å². The summed E-state index contributed by atoms with van der Waals surface area (Å²) in [5, 5.41) is 6.55. The Bertz CT molecular complexity index is 408. The molecule has 1 aliphatic rings. The summed E-state index contributed by atoms with van der Waals surface area (Å²) in [5.41, 5.74) is 0. The topological polar surface area (TPSA) is 68.3 Å². The summed E-state index contributed by atoms with van der Waals surface area (Å²) in [6, 6.07) is 0. The molecule has 1 atom stereocenters. The fraction of sp³-hybridized carbons (Fsp3) is 0.714. The molecule has 0 radical (unpaired) electrons. The van der Waals surface area contributed by atoms with E-state index in [0.29, 0.717) is 5.75 Å². The van der Waals surface area contributed by atoms with Crippen molar-refractivity contribution in [2.24, 2.45) is 0 Å². The molecule has 0 amide bonds. The second kappa shape index (κ2) is 7.89. The van der Waals surface area contributed by atoms with Gasteiger partial charge in [0, 0.05) is 19.7 Å². The van der Waals surface area contributed by atoms with Crippen LogP contribution in [0, 0.1) is 0 Å². The third kappa shape index (κ3) is 3.96. The number of nitrogens with zero attached hydrogens (tertiary/aromatic N) is 2. The molecule has 0 saturated carbocycles. The first-order valence-corrected chi connectivity index (χ1v) is 7.33. The quantitative estimate of drug-likeness (QED) is 0.798. The van der Waals surface area contributed by atoms with Gasteiger partial charge in [0.1, 0.15) is 6.33 Å². The first-order chi connectivity index (χ1) is 9.85. The van der Waals surface area contributed by atoms with E-state index < -0.39 is 0 Å². The number of ether oxygens (including phenoxy) is 2. The first kappa shape index (κ1) is 14.8. The fourth-order valence-electron chi connectivity index (χ4n) is 2.24. The Balaban J connectivity index is 1.98. The van der Waals surface area contributed by atoms with Crippen LogP contribution in [0.5, 0.6) is 5.75 Å². The van der Waals surface area contributed by atoms with Crippen LogP contribution in [-0.2, 0) is 4.74 Å². The van der Waals surface area contributed by atoms with Crippen molar-refractivity contribution in [2.75, 3.05) is 37.4 Å². The average Bonchev–Trinajstić information content (AvgIpc) is 2.51. The third-order valence-electron chi connectivity index (χ3n) is 3.32. The average molecular weight is 280 g/mol. The van der Waals surface area contributed by atoms with Gasteiger partial charge in [-0.1, -0.05) is 6.92 Å². The fourth-order valence-corrected chi connectivity index (χ4v) is 2.24. The van der Waals surface area contributed by atoms with Gasteiger partial charge in [0.25, 0.3) is 0 Å². The van der Waals surface area contributed by atoms with Crippen molar-refractivity contribution in [3.63, 3.8) is 0 Å². The van der Waals surface area contributed by atoms with E-state index in [0.717, 1.165) is 44.2 Å². The lowest BCUT2D eigenvalue weighted by Gasteiger charge is -2.23. The van der Waals surface area contributed by atoms with Gasteiger partial charge < -0.3 is 20.1 Å². The molecule has 1 aromatic rings. The summed E-state index contributed by atoms with van der Waals surface area (Å²) < 4.78 is 11.1. The number of hydrogen-bond acceptors (Lipinski definition) is 6. The van der Waals surface area contributed by atoms with Crippen molar-refractivity contribution in [2.45, 2.75) is 38.7 Å². The van der Waals surface area contributed by atoms with Gasteiger partial charge in [-0.3, -0.25) is 0 Å². The molecule has 2 heterocycles. The number of methoxy groups -OCH3 is 1. The van der Waals surface area contributed by atoms with Crippen LogP contribution in [0.15, 0.2) is 6.33 Å². The second-order valence-electron chi connectivity index (χ2n) is 4.90. The first-order valence-electron chi connectivity index (χ1n) is 7.33. The molecular weight excluding hydrogens is 256 g/mol. The van der Waals surface area contributed by atoms with Crippen LogP contribution in [-0.4, -0.2) is 42.9 Å². The van der Waals surface area contributed by atoms with Crippen LogP contribution in [0.1, 0.15) is 32.6 Å². The highest BCUT2D eigenvalue weighted by atomic mass is 16.5. The van der Waals surface area contributed by atoms with Gasteiger partial charge in [-0.25, -0.2) is 9.97 Å². The zero-order chi connectivity index (χ0) is 14.2. The van der Waals surface area contributed by atoms with Gasteiger partial charge in [0.05, 0.1) is 13.2 Å². The highest BCUT2D eigenvalue weighted by molar-refractivity contribution is 5.63. The molecule has 1 aliphatic heterocycles. The van der Waals surface area contributed by atoms with Crippen LogP contribution < -0.4 is 15.4 Å². The van der Waals surface area contributed by atoms with E-state index in [4.69, 9.17) is 9.47 Å². The van der Waals surface area contributed by atoms with Gasteiger partial charge in [-0.2, -0.15) is 0 Å². The molecule has 112 valence electrons. The molecule has 1 aromatic heterocycles. The second-order valence-corrected chi connectivity index (χ2v) is 4.90. The summed E-state index contributed by atoms with van der Waals surface area (Å²) in [5.74, 6) is 2.11. The Labute approximate surface area is 120 Å². The van der Waals surface area contributed by atoms with Crippen molar-refractivity contribution in [3.05, 3.63) is 6.33 Å². The number of nitrogens with one attached hydrogen (secondary N) is 2. The molecule has 2 rings (SSSR count). The maximum atomic E-state index is 5.71. The molecule has 1 unspecified atom stereocenters. The zero-order valence-electron chi connectivity index (χ0n) is 12.3. The van der Waals surface area contributed by atoms with Gasteiger partial charge in [-0.05, 0) is 25.7 Å². The van der Waals surface area contributed by atoms with Gasteiger partial charge in [0.15, 0.2) is 11.6 Å². The van der Waals surface area contributed by atoms with E-state index in [1.165, 1.54) is 12.8 Å². The lowest BCUT2D eigenvalue weighted by molar-refractivity contribution is 0.0247. The summed E-state index contributed by atoms with van der Waals surface area (Å²) in [6.45, 7) is 4.58. The molecule has 6 heteroatoms. The lowest BCUT2D eigenvalue weighted by atomic mass is 10.1. The maximum absolute atomic E-state index is 5.71. The number of rotatable bonds is 7. The molecule has 0 aliphatic carbocycles. The number of hydrogen-bond donors (Lipinski definition) is 2. The standard InChI is InChI=1S/C14H24N4O2/c1-3-7-15-13-12(19-2)14(18-10-17-13)16-9-11-6-4-5-8-20-11/h10-11H,3-9H2,1-2H3,(H2,15,16,17,18). The van der Waals surface area contributed by atoms with Gasteiger partial charge in [-0.15, -0.1) is 0 Å². The van der Waals surface area contributed by atoms with Crippen LogP contribution in [0.3, 0.4) is 0 Å². The third-order valence-corrected chi connectivity index (χ3v) is 3.32. The summed E-state index contributed by atoms with van der Waals surface area (Å²) in [6.07, 6.45) is 6.34. The van der Waals surface area contributed by atoms with Crippen molar-refractivity contribution in [1.82, 2.24) is 9.97 Å². The summed E-state index contributed by atoms with van der Waals surface area (Å²) in [7, 11) is 1.64. The molecular formula is C14H24N4O2. The molecule has 2 N–H and O–H groups in total. The van der Waals surface area contributed by atoms with E-state index in [2.05, 4.69) is 27.5 Å². The normalized spacial score (nSPS) is 18.6. The van der Waals surface area contributed by atoms with Crippen LogP contribution in [0.2, 0.25) is 0 Å². The summed E-state index contributed by atoms with van der Waals surface area (Å²) >= 11 is 0. The van der Waals surface area contributed by atoms with Crippen molar-refractivity contribution in [1.29, 1.82) is 0 Å². The van der Waals surface area contributed by atoms with Crippen molar-refractivity contribution >= 4 is 11.6 Å². The van der Waals surface area contributed by atoms with Crippen LogP contribution >= 0.6 is 0 Å². The molecule has 1 fully saturated rings. The maximum Gasteiger partial charge on any atom is 0.204 e. The molecule has 0 bridgehead atoms. The molecule has 20 heavy (non-hydrogen) atoms. The van der Waals surface area contributed by atoms with Gasteiger partial charge in [0.2, 0.25) is 5.75 Å². The smallest absolute Gasteiger partial charge is 0.204 e. The predicted molar refractivity (Wildman–Crippen MR) is 79.4 cm³/mol. The van der Waals surface area contributed by atoms with E-state index in [-0.39, 0.29) is 6.10 Å². The van der Waals surface area contributed by atoms with E-state index in [9.17, 15) is 0 Å². The zero-order valence-corrected chi connectivity index (χ0v) is 12.3. The van der Waals surface area contributed by atoms with E-state index >= 15 is 0 Å². The van der Waals surface area contributed by atoms with Crippen molar-refractivity contribution < 1.29 is 9.47 Å². The van der Waals surface area contributed by atoms with Gasteiger partial charge >= 0.3 is 0 Å². The Morgan fingerprint density at radius 1 is 1.30 bits per heavy atom. The minimum absolute atomic E-state index is 0.260. The van der Waals surface area contributed by atoms with E-state index in [1.807, 2.05) is 0 Å². The molecule has 0 aromatic carbocycles. The molecule has 0 spiro atoms. The number of aromatic nitrogens is 2. The monoisotopic (exact) mass is 280 g/mol. The highest BCUT2D eigenvalue weighted by Gasteiger charge is 2.16. The lowest BCUT2D eigenvalue weighted by Crippen LogP contribution is -2.27. The van der Waals surface area contributed by atoms with Crippen LogP contribution in [0.4, 0.5) is 11.6 Å². The highest BCUT2D eigenvalue weighted by Crippen LogP contribution is 2.29. The van der Waals surface area contributed by atoms with E-state index in [1.54, 1.807) is 13.4 Å². The predicted octanol–water partition coefficient (Wildman–Crippen LogP) is 2.29. The minimum atomic E-state index is 0.260. The van der Waals surface area contributed by atoms with Crippen LogP contribution in [0.25, 0.3) is 0 Å². The minimum Gasteiger partial charge on any atom is -0.490 e. The Morgan fingerprint density at radius 2 is 2.10 bits per heavy atom. The Kier molecular flexibility index (Phi) is 5.86. The largest absolute Gasteiger partial charge is 0.490 e. The Morgan fingerprint density at radius 3 is 2.75 bits per heavy atom. The molecule has 6 nitrogen and oxygen atoms in total. The SMILES string of the molecule is CCCNc1ncnc(NCC2CCCCO2)c1OC. The molecule has 1 saturated heterocycles. The Hall–Kier alpha value is -1.56.